The molecular formula is C22H26FNO4S. The first-order valence-electron chi connectivity index (χ1n) is 9.53. The topological polar surface area (TPSA) is 81.8 Å². The van der Waals surface area contributed by atoms with E-state index in [2.05, 4.69) is 12.6 Å². The van der Waals surface area contributed by atoms with Gasteiger partial charge in [0.1, 0.15) is 11.6 Å². The fourth-order valence-electron chi connectivity index (χ4n) is 3.59. The molecule has 1 fully saturated rings. The van der Waals surface area contributed by atoms with Crippen molar-refractivity contribution in [3.63, 3.8) is 0 Å². The van der Waals surface area contributed by atoms with Crippen LogP contribution in [0.4, 0.5) is 4.39 Å². The average Bonchev–Trinajstić information content (AvgIpc) is 2.55. The predicted molar refractivity (Wildman–Crippen MR) is 113 cm³/mol. The number of hydrogen-bond donors (Lipinski definition) is 3. The van der Waals surface area contributed by atoms with Crippen LogP contribution >= 0.6 is 12.6 Å². The Labute approximate surface area is 175 Å². The first-order valence-corrected chi connectivity index (χ1v) is 9.98. The van der Waals surface area contributed by atoms with Crippen LogP contribution < -0.4 is 5.73 Å². The van der Waals surface area contributed by atoms with Crippen LogP contribution in [0.15, 0.2) is 24.3 Å². The molecule has 0 bridgehead atoms. The lowest BCUT2D eigenvalue weighted by Gasteiger charge is -2.28. The van der Waals surface area contributed by atoms with Crippen molar-refractivity contribution in [2.45, 2.75) is 38.0 Å². The summed E-state index contributed by atoms with van der Waals surface area (Å²) in [6.45, 7) is 6.68. The number of aryl methyl sites for hydroxylation is 2. The van der Waals surface area contributed by atoms with E-state index in [1.54, 1.807) is 32.0 Å². The van der Waals surface area contributed by atoms with E-state index in [0.717, 1.165) is 11.1 Å². The minimum atomic E-state index is -1.55. The molecule has 1 aliphatic rings. The van der Waals surface area contributed by atoms with Crippen LogP contribution in [0.3, 0.4) is 0 Å². The fourth-order valence-corrected chi connectivity index (χ4v) is 3.88. The molecule has 5 nitrogen and oxygen atoms in total. The highest BCUT2D eigenvalue weighted by Crippen LogP contribution is 2.40. The molecule has 3 rings (SSSR count). The minimum absolute atomic E-state index is 0.0826. The molecule has 1 aliphatic heterocycles. The number of phenolic OH excluding ortho intramolecular Hbond substituents is 1. The molecule has 0 spiro atoms. The molecule has 1 heterocycles. The summed E-state index contributed by atoms with van der Waals surface area (Å²) >= 11 is 4.36. The third-order valence-electron chi connectivity index (χ3n) is 5.18. The van der Waals surface area contributed by atoms with Crippen molar-refractivity contribution in [2.75, 3.05) is 19.8 Å². The molecule has 2 aromatic carbocycles. The maximum atomic E-state index is 14.9. The molecule has 3 N–H and O–H groups in total. The van der Waals surface area contributed by atoms with Crippen molar-refractivity contribution in [3.8, 4) is 16.9 Å². The number of aromatic hydroxyl groups is 1. The van der Waals surface area contributed by atoms with Gasteiger partial charge in [0.25, 0.3) is 0 Å². The van der Waals surface area contributed by atoms with Gasteiger partial charge in [0.2, 0.25) is 0 Å². The number of rotatable bonds is 6. The second-order valence-corrected chi connectivity index (χ2v) is 8.33. The first-order chi connectivity index (χ1) is 13.6. The second-order valence-electron chi connectivity index (χ2n) is 7.53. The molecule has 1 atom stereocenters. The third-order valence-corrected chi connectivity index (χ3v) is 5.57. The molecular weight excluding hydrogens is 393 g/mol. The van der Waals surface area contributed by atoms with E-state index in [-0.39, 0.29) is 30.3 Å². The Morgan fingerprint density at radius 2 is 2.00 bits per heavy atom. The number of nitrogens with two attached hydrogens (primary N) is 1. The summed E-state index contributed by atoms with van der Waals surface area (Å²) in [5.74, 6) is -0.705. The van der Waals surface area contributed by atoms with Crippen molar-refractivity contribution in [1.82, 2.24) is 0 Å². The van der Waals surface area contributed by atoms with Gasteiger partial charge in [-0.05, 0) is 61.2 Å². The SMILES string of the molecule is CCOC(=O)C[C@](N)(S)c1cc(-c2c(C)cc(C3COC3)cc2O)cc(C)c1F. The highest BCUT2D eigenvalue weighted by molar-refractivity contribution is 7.81. The highest BCUT2D eigenvalue weighted by atomic mass is 32.1. The summed E-state index contributed by atoms with van der Waals surface area (Å²) in [4.78, 5) is 10.4. The van der Waals surface area contributed by atoms with Crippen LogP contribution in [-0.4, -0.2) is 30.9 Å². The van der Waals surface area contributed by atoms with E-state index in [1.165, 1.54) is 0 Å². The molecule has 7 heteroatoms. The van der Waals surface area contributed by atoms with Crippen molar-refractivity contribution < 1.29 is 23.8 Å². The summed E-state index contributed by atoms with van der Waals surface area (Å²) in [5, 5.41) is 10.7. The van der Waals surface area contributed by atoms with Gasteiger partial charge < -0.3 is 20.3 Å². The van der Waals surface area contributed by atoms with Gasteiger partial charge in [-0.2, -0.15) is 12.6 Å². The number of carbonyl (C=O) groups excluding carboxylic acids is 1. The van der Waals surface area contributed by atoms with Crippen molar-refractivity contribution >= 4 is 18.6 Å². The summed E-state index contributed by atoms with van der Waals surface area (Å²) in [5.41, 5.74) is 9.70. The monoisotopic (exact) mass is 419 g/mol. The van der Waals surface area contributed by atoms with Gasteiger partial charge in [-0.15, -0.1) is 0 Å². The lowest BCUT2D eigenvalue weighted by Crippen LogP contribution is -2.35. The van der Waals surface area contributed by atoms with Gasteiger partial charge in [0.15, 0.2) is 0 Å². The van der Waals surface area contributed by atoms with Crippen molar-refractivity contribution in [1.29, 1.82) is 0 Å². The van der Waals surface area contributed by atoms with E-state index in [9.17, 15) is 14.3 Å². The number of ether oxygens (including phenoxy) is 2. The highest BCUT2D eigenvalue weighted by Gasteiger charge is 2.32. The van der Waals surface area contributed by atoms with Crippen molar-refractivity contribution in [2.24, 2.45) is 5.73 Å². The standard InChI is InChI=1S/C22H26FNO4S/c1-4-28-19(26)9-22(24,29)17-7-15(6-13(3)21(17)23)20-12(2)5-14(8-18(20)25)16-10-27-11-16/h5-8,16,25,29H,4,9-11,24H2,1-3H3/t22-/m0/s1. The Bertz CT molecular complexity index is 918. The summed E-state index contributed by atoms with van der Waals surface area (Å²) in [7, 11) is 0. The van der Waals surface area contributed by atoms with E-state index >= 15 is 0 Å². The van der Waals surface area contributed by atoms with Gasteiger partial charge in [-0.25, -0.2) is 4.39 Å². The quantitative estimate of drug-likeness (QED) is 0.376. The van der Waals surface area contributed by atoms with Crippen LogP contribution in [0.25, 0.3) is 11.1 Å². The maximum absolute atomic E-state index is 14.9. The molecule has 29 heavy (non-hydrogen) atoms. The number of hydrogen-bond acceptors (Lipinski definition) is 6. The first kappa shape index (κ1) is 21.6. The Hall–Kier alpha value is -2.09. The van der Waals surface area contributed by atoms with Crippen LogP contribution in [0.1, 0.15) is 41.5 Å². The molecule has 1 saturated heterocycles. The number of phenols is 1. The average molecular weight is 420 g/mol. The number of thiol groups is 1. The normalized spacial score (nSPS) is 16.2. The Morgan fingerprint density at radius 1 is 1.31 bits per heavy atom. The molecule has 0 aliphatic carbocycles. The van der Waals surface area contributed by atoms with E-state index < -0.39 is 16.7 Å². The molecule has 0 saturated carbocycles. The third kappa shape index (κ3) is 4.42. The van der Waals surface area contributed by atoms with Crippen LogP contribution in [0, 0.1) is 19.7 Å². The molecule has 0 aromatic heterocycles. The summed E-state index contributed by atoms with van der Waals surface area (Å²) in [6.07, 6.45) is -0.282. The van der Waals surface area contributed by atoms with Crippen LogP contribution in [0.5, 0.6) is 5.75 Å². The van der Waals surface area contributed by atoms with E-state index in [0.29, 0.717) is 29.9 Å². The number of halogens is 1. The molecule has 0 amide bonds. The Morgan fingerprint density at radius 3 is 2.55 bits per heavy atom. The van der Waals surface area contributed by atoms with Gasteiger partial charge in [0.05, 0.1) is 31.1 Å². The summed E-state index contributed by atoms with van der Waals surface area (Å²) < 4.78 is 25.1. The molecule has 0 radical (unpaired) electrons. The second kappa shape index (κ2) is 8.34. The van der Waals surface area contributed by atoms with Gasteiger partial charge in [-0.3, -0.25) is 4.79 Å². The maximum Gasteiger partial charge on any atom is 0.308 e. The Balaban J connectivity index is 2.05. The van der Waals surface area contributed by atoms with Gasteiger partial charge in [-0.1, -0.05) is 6.07 Å². The number of benzene rings is 2. The largest absolute Gasteiger partial charge is 0.507 e. The van der Waals surface area contributed by atoms with E-state index in [1.807, 2.05) is 13.0 Å². The van der Waals surface area contributed by atoms with Crippen molar-refractivity contribution in [3.05, 3.63) is 52.3 Å². The fraction of sp³-hybridized carbons (Fsp3) is 0.409. The van der Waals surface area contributed by atoms with Crippen LogP contribution in [-0.2, 0) is 19.1 Å². The van der Waals surface area contributed by atoms with Gasteiger partial charge >= 0.3 is 5.97 Å². The van der Waals surface area contributed by atoms with E-state index in [4.69, 9.17) is 15.2 Å². The lowest BCUT2D eigenvalue weighted by atomic mass is 9.88. The summed E-state index contributed by atoms with van der Waals surface area (Å²) in [6, 6.07) is 6.93. The number of carbonyl (C=O) groups is 1. The van der Waals surface area contributed by atoms with Crippen LogP contribution in [0.2, 0.25) is 0 Å². The lowest BCUT2D eigenvalue weighted by molar-refractivity contribution is -0.143. The minimum Gasteiger partial charge on any atom is -0.507 e. The van der Waals surface area contributed by atoms with Gasteiger partial charge in [0, 0.05) is 17.0 Å². The molecule has 0 unspecified atom stereocenters. The Kier molecular flexibility index (Phi) is 6.22. The molecule has 156 valence electrons. The smallest absolute Gasteiger partial charge is 0.308 e. The zero-order valence-electron chi connectivity index (χ0n) is 16.8. The molecule has 2 aromatic rings. The predicted octanol–water partition coefficient (Wildman–Crippen LogP) is 3.92. The zero-order chi connectivity index (χ0) is 21.3. The zero-order valence-corrected chi connectivity index (χ0v) is 17.7. The number of esters is 1.